The lowest BCUT2D eigenvalue weighted by atomic mass is 10.2. The number of ether oxygens (including phenoxy) is 2. The first-order valence-electron chi connectivity index (χ1n) is 6.36. The van der Waals surface area contributed by atoms with Crippen LogP contribution in [0.15, 0.2) is 0 Å². The van der Waals surface area contributed by atoms with Gasteiger partial charge in [0.15, 0.2) is 6.10 Å². The molecule has 112 valence electrons. The van der Waals surface area contributed by atoms with Crippen LogP contribution in [0.1, 0.15) is 47.0 Å². The minimum Gasteiger partial charge on any atom is -0.479 e. The van der Waals surface area contributed by atoms with Crippen molar-refractivity contribution in [1.82, 2.24) is 0 Å². The van der Waals surface area contributed by atoms with Crippen molar-refractivity contribution in [1.29, 1.82) is 0 Å². The molecule has 1 aliphatic rings. The van der Waals surface area contributed by atoms with Crippen LogP contribution in [0.2, 0.25) is 0 Å². The maximum absolute atomic E-state index is 10.9. The highest BCUT2D eigenvalue weighted by atomic mass is 16.6. The first kappa shape index (κ1) is 17.9. The number of hydrogen-bond donors (Lipinski definition) is 2. The van der Waals surface area contributed by atoms with E-state index in [2.05, 4.69) is 6.92 Å². The van der Waals surface area contributed by atoms with Gasteiger partial charge in [0.25, 0.3) is 0 Å². The molecular formula is C13H24O6. The highest BCUT2D eigenvalue weighted by Crippen LogP contribution is 2.09. The van der Waals surface area contributed by atoms with Crippen LogP contribution in [0.25, 0.3) is 0 Å². The van der Waals surface area contributed by atoms with Gasteiger partial charge in [0.2, 0.25) is 0 Å². The van der Waals surface area contributed by atoms with Crippen LogP contribution in [-0.4, -0.2) is 46.6 Å². The van der Waals surface area contributed by atoms with Gasteiger partial charge in [-0.1, -0.05) is 0 Å². The average molecular weight is 276 g/mol. The molecule has 1 fully saturated rings. The second-order valence-corrected chi connectivity index (χ2v) is 5.47. The summed E-state index contributed by atoms with van der Waals surface area (Å²) >= 11 is 0. The molecule has 1 aliphatic heterocycles. The molecule has 0 radical (unpaired) electrons. The molecule has 0 spiro atoms. The Morgan fingerprint density at radius 3 is 2.26 bits per heavy atom. The van der Waals surface area contributed by atoms with Crippen LogP contribution in [0.4, 0.5) is 0 Å². The molecule has 1 saturated heterocycles. The van der Waals surface area contributed by atoms with Gasteiger partial charge in [-0.05, 0) is 40.5 Å². The van der Waals surface area contributed by atoms with Crippen molar-refractivity contribution >= 4 is 11.9 Å². The summed E-state index contributed by atoms with van der Waals surface area (Å²) in [5.41, 5.74) is -0.657. The van der Waals surface area contributed by atoms with E-state index >= 15 is 0 Å². The molecule has 1 rings (SSSR count). The predicted octanol–water partition coefficient (Wildman–Crippen LogP) is 1.35. The monoisotopic (exact) mass is 276 g/mol. The number of aliphatic carboxylic acids is 1. The van der Waals surface area contributed by atoms with Gasteiger partial charge in [0.05, 0.1) is 12.5 Å². The van der Waals surface area contributed by atoms with Gasteiger partial charge in [-0.25, -0.2) is 4.79 Å². The minimum atomic E-state index is -1.69. The molecule has 19 heavy (non-hydrogen) atoms. The van der Waals surface area contributed by atoms with E-state index in [9.17, 15) is 9.59 Å². The van der Waals surface area contributed by atoms with E-state index in [4.69, 9.17) is 19.7 Å². The Bertz CT molecular complexity index is 288. The van der Waals surface area contributed by atoms with Gasteiger partial charge in [0.1, 0.15) is 5.60 Å². The van der Waals surface area contributed by atoms with Gasteiger partial charge in [-0.15, -0.1) is 0 Å². The number of aliphatic hydroxyl groups excluding tert-OH is 1. The minimum absolute atomic E-state index is 0.521. The summed E-state index contributed by atoms with van der Waals surface area (Å²) in [5.74, 6) is -2.15. The van der Waals surface area contributed by atoms with Crippen LogP contribution < -0.4 is 0 Å². The molecule has 2 atom stereocenters. The Balaban J connectivity index is 0.000000443. The van der Waals surface area contributed by atoms with Crippen molar-refractivity contribution in [3.8, 4) is 0 Å². The van der Waals surface area contributed by atoms with Crippen molar-refractivity contribution < 1.29 is 29.3 Å². The fraction of sp³-hybridized carbons (Fsp3) is 0.846. The lowest BCUT2D eigenvalue weighted by Gasteiger charge is -2.19. The largest absolute Gasteiger partial charge is 0.479 e. The number of rotatable bonds is 3. The standard InChI is InChI=1S/C8H14O5.C5H10O/c1-8(2,3)13-6(10)4-5(9)7(11)12;1-5-3-2-4-6-5/h5,9H,4H2,1-3H3,(H,11,12);5H,2-4H2,1H3/t5-;/m1./s1. The summed E-state index contributed by atoms with van der Waals surface area (Å²) in [6.45, 7) is 8.10. The van der Waals surface area contributed by atoms with Crippen LogP contribution in [0.3, 0.4) is 0 Å². The molecule has 1 heterocycles. The molecule has 0 bridgehead atoms. The van der Waals surface area contributed by atoms with Gasteiger partial charge in [-0.2, -0.15) is 0 Å². The average Bonchev–Trinajstić information content (AvgIpc) is 2.66. The Morgan fingerprint density at radius 2 is 2.00 bits per heavy atom. The molecule has 0 aliphatic carbocycles. The third-order valence-corrected chi connectivity index (χ3v) is 2.22. The summed E-state index contributed by atoms with van der Waals surface area (Å²) in [7, 11) is 0. The van der Waals surface area contributed by atoms with Crippen molar-refractivity contribution in [2.24, 2.45) is 0 Å². The second kappa shape index (κ2) is 8.12. The maximum Gasteiger partial charge on any atom is 0.333 e. The quantitative estimate of drug-likeness (QED) is 0.756. The zero-order chi connectivity index (χ0) is 15.1. The lowest BCUT2D eigenvalue weighted by molar-refractivity contribution is -0.162. The molecule has 6 heteroatoms. The number of hydrogen-bond acceptors (Lipinski definition) is 5. The molecule has 0 aromatic heterocycles. The molecule has 0 amide bonds. The van der Waals surface area contributed by atoms with Gasteiger partial charge in [-0.3, -0.25) is 4.79 Å². The molecule has 6 nitrogen and oxygen atoms in total. The molecular weight excluding hydrogens is 252 g/mol. The summed E-state index contributed by atoms with van der Waals surface area (Å²) < 4.78 is 9.95. The number of aliphatic hydroxyl groups is 1. The normalized spacial score (nSPS) is 20.2. The smallest absolute Gasteiger partial charge is 0.333 e. The van der Waals surface area contributed by atoms with Crippen LogP contribution in [-0.2, 0) is 19.1 Å². The second-order valence-electron chi connectivity index (χ2n) is 5.47. The Hall–Kier alpha value is -1.14. The number of carbonyl (C=O) groups excluding carboxylic acids is 1. The number of carboxylic acid groups (broad SMARTS) is 1. The van der Waals surface area contributed by atoms with E-state index in [1.165, 1.54) is 12.8 Å². The third kappa shape index (κ3) is 10.5. The fourth-order valence-electron chi connectivity index (χ4n) is 1.37. The molecule has 1 unspecified atom stereocenters. The van der Waals surface area contributed by atoms with E-state index in [0.717, 1.165) is 6.61 Å². The van der Waals surface area contributed by atoms with E-state index in [1.54, 1.807) is 20.8 Å². The highest BCUT2D eigenvalue weighted by molar-refractivity contribution is 5.80. The van der Waals surface area contributed by atoms with Crippen molar-refractivity contribution in [2.75, 3.05) is 6.61 Å². The summed E-state index contributed by atoms with van der Waals surface area (Å²) in [6.07, 6.45) is 0.869. The highest BCUT2D eigenvalue weighted by Gasteiger charge is 2.22. The summed E-state index contributed by atoms with van der Waals surface area (Å²) in [6, 6.07) is 0. The fourth-order valence-corrected chi connectivity index (χ4v) is 1.37. The van der Waals surface area contributed by atoms with Crippen molar-refractivity contribution in [3.63, 3.8) is 0 Å². The summed E-state index contributed by atoms with van der Waals surface area (Å²) in [4.78, 5) is 21.1. The van der Waals surface area contributed by atoms with Gasteiger partial charge in [0, 0.05) is 6.61 Å². The first-order valence-corrected chi connectivity index (χ1v) is 6.36. The summed E-state index contributed by atoms with van der Waals surface area (Å²) in [5, 5.41) is 17.1. The lowest BCUT2D eigenvalue weighted by Crippen LogP contribution is -2.29. The molecule has 0 aromatic carbocycles. The number of carboxylic acids is 1. The SMILES string of the molecule is CC(C)(C)OC(=O)C[C@@H](O)C(=O)O.CC1CCCO1. The predicted molar refractivity (Wildman–Crippen MR) is 68.8 cm³/mol. The van der Waals surface area contributed by atoms with Crippen LogP contribution >= 0.6 is 0 Å². The van der Waals surface area contributed by atoms with E-state index < -0.39 is 30.1 Å². The zero-order valence-corrected chi connectivity index (χ0v) is 12.0. The molecule has 0 aromatic rings. The number of esters is 1. The zero-order valence-electron chi connectivity index (χ0n) is 12.0. The molecule has 2 N–H and O–H groups in total. The van der Waals surface area contributed by atoms with Gasteiger partial charge >= 0.3 is 11.9 Å². The molecule has 0 saturated carbocycles. The maximum atomic E-state index is 10.9. The topological polar surface area (TPSA) is 93.1 Å². The number of carbonyl (C=O) groups is 2. The third-order valence-electron chi connectivity index (χ3n) is 2.22. The van der Waals surface area contributed by atoms with Crippen molar-refractivity contribution in [3.05, 3.63) is 0 Å². The first-order chi connectivity index (χ1) is 8.61. The van der Waals surface area contributed by atoms with E-state index in [1.807, 2.05) is 0 Å². The Kier molecular flexibility index (Phi) is 7.63. The van der Waals surface area contributed by atoms with Crippen molar-refractivity contribution in [2.45, 2.75) is 64.8 Å². The Labute approximate surface area is 113 Å². The van der Waals surface area contributed by atoms with Gasteiger partial charge < -0.3 is 19.7 Å². The van der Waals surface area contributed by atoms with Crippen LogP contribution in [0, 0.1) is 0 Å². The Morgan fingerprint density at radius 1 is 1.42 bits per heavy atom. The van der Waals surface area contributed by atoms with Crippen LogP contribution in [0.5, 0.6) is 0 Å². The van der Waals surface area contributed by atoms with E-state index in [0.29, 0.717) is 6.10 Å². The van der Waals surface area contributed by atoms with E-state index in [-0.39, 0.29) is 0 Å².